The van der Waals surface area contributed by atoms with E-state index in [2.05, 4.69) is 11.9 Å². The van der Waals surface area contributed by atoms with E-state index in [-0.39, 0.29) is 5.82 Å². The first kappa shape index (κ1) is 12.4. The molecule has 1 aromatic carbocycles. The van der Waals surface area contributed by atoms with Gasteiger partial charge in [0.15, 0.2) is 0 Å². The minimum Gasteiger partial charge on any atom is -0.475 e. The number of hydrogen-bond donors (Lipinski definition) is 1. The molecule has 0 spiro atoms. The highest BCUT2D eigenvalue weighted by Crippen LogP contribution is 2.25. The molecule has 2 heterocycles. The summed E-state index contributed by atoms with van der Waals surface area (Å²) in [5.41, 5.74) is 3.67. The highest BCUT2D eigenvalue weighted by molar-refractivity contribution is 5.89. The van der Waals surface area contributed by atoms with E-state index in [1.807, 2.05) is 36.4 Å². The summed E-state index contributed by atoms with van der Waals surface area (Å²) >= 11 is 0. The van der Waals surface area contributed by atoms with Crippen LogP contribution in [-0.4, -0.2) is 20.5 Å². The molecule has 0 atom stereocenters. The predicted molar refractivity (Wildman–Crippen MR) is 77.0 cm³/mol. The molecule has 1 N–H and O–H groups in total. The first-order valence-corrected chi connectivity index (χ1v) is 6.50. The third kappa shape index (κ3) is 1.95. The van der Waals surface area contributed by atoms with Crippen LogP contribution in [-0.2, 0) is 6.42 Å². The topological polar surface area (TPSA) is 54.6 Å². The molecule has 0 aliphatic rings. The van der Waals surface area contributed by atoms with Crippen LogP contribution < -0.4 is 0 Å². The standard InChI is InChI=1S/C16H14N2O2/c1-2-11-6-8-12(9-7-11)14-13-5-3-4-10-18(13)15(17-14)16(19)20/h3-10H,2H2,1H3,(H,19,20). The Morgan fingerprint density at radius 1 is 1.20 bits per heavy atom. The van der Waals surface area contributed by atoms with Gasteiger partial charge >= 0.3 is 5.97 Å². The van der Waals surface area contributed by atoms with Gasteiger partial charge in [0.25, 0.3) is 0 Å². The minimum atomic E-state index is -1.03. The van der Waals surface area contributed by atoms with Crippen molar-refractivity contribution in [2.24, 2.45) is 0 Å². The maximum atomic E-state index is 11.3. The number of aromatic nitrogens is 2. The molecule has 0 bridgehead atoms. The summed E-state index contributed by atoms with van der Waals surface area (Å²) < 4.78 is 1.60. The van der Waals surface area contributed by atoms with E-state index in [0.29, 0.717) is 5.69 Å². The summed E-state index contributed by atoms with van der Waals surface area (Å²) in [4.78, 5) is 15.6. The molecule has 0 aliphatic carbocycles. The second-order valence-electron chi connectivity index (χ2n) is 4.60. The van der Waals surface area contributed by atoms with E-state index in [4.69, 9.17) is 0 Å². The summed E-state index contributed by atoms with van der Waals surface area (Å²) in [6.07, 6.45) is 2.69. The second-order valence-corrected chi connectivity index (χ2v) is 4.60. The predicted octanol–water partition coefficient (Wildman–Crippen LogP) is 3.26. The van der Waals surface area contributed by atoms with E-state index in [0.717, 1.165) is 17.5 Å². The number of hydrogen-bond acceptors (Lipinski definition) is 2. The number of fused-ring (bicyclic) bond motifs is 1. The van der Waals surface area contributed by atoms with E-state index < -0.39 is 5.97 Å². The van der Waals surface area contributed by atoms with Crippen LogP contribution in [0.5, 0.6) is 0 Å². The molecule has 20 heavy (non-hydrogen) atoms. The molecule has 0 amide bonds. The van der Waals surface area contributed by atoms with Crippen molar-refractivity contribution in [3.63, 3.8) is 0 Å². The molecule has 3 rings (SSSR count). The summed E-state index contributed by atoms with van der Waals surface area (Å²) in [5.74, 6) is -0.988. The normalized spacial score (nSPS) is 10.8. The summed E-state index contributed by atoms with van der Waals surface area (Å²) in [6, 6.07) is 13.6. The highest BCUT2D eigenvalue weighted by atomic mass is 16.4. The number of aryl methyl sites for hydroxylation is 1. The Balaban J connectivity index is 2.22. The Morgan fingerprint density at radius 2 is 1.95 bits per heavy atom. The fourth-order valence-electron chi connectivity index (χ4n) is 2.30. The summed E-state index contributed by atoms with van der Waals surface area (Å²) in [6.45, 7) is 2.10. The van der Waals surface area contributed by atoms with Gasteiger partial charge in [-0.25, -0.2) is 9.78 Å². The number of imidazole rings is 1. The van der Waals surface area contributed by atoms with Gasteiger partial charge in [-0.2, -0.15) is 0 Å². The van der Waals surface area contributed by atoms with Crippen LogP contribution in [0.2, 0.25) is 0 Å². The molecule has 0 fully saturated rings. The van der Waals surface area contributed by atoms with Crippen LogP contribution in [0.15, 0.2) is 48.7 Å². The molecule has 0 radical (unpaired) electrons. The number of rotatable bonds is 3. The van der Waals surface area contributed by atoms with E-state index >= 15 is 0 Å². The Morgan fingerprint density at radius 3 is 2.60 bits per heavy atom. The lowest BCUT2D eigenvalue weighted by atomic mass is 10.1. The maximum Gasteiger partial charge on any atom is 0.372 e. The third-order valence-corrected chi connectivity index (χ3v) is 3.38. The summed E-state index contributed by atoms with van der Waals surface area (Å²) in [7, 11) is 0. The zero-order valence-corrected chi connectivity index (χ0v) is 11.1. The van der Waals surface area contributed by atoms with Gasteiger partial charge in [-0.3, -0.25) is 4.40 Å². The van der Waals surface area contributed by atoms with Gasteiger partial charge in [0.2, 0.25) is 5.82 Å². The van der Waals surface area contributed by atoms with Gasteiger partial charge in [-0.1, -0.05) is 37.3 Å². The lowest BCUT2D eigenvalue weighted by Gasteiger charge is -2.00. The van der Waals surface area contributed by atoms with Gasteiger partial charge in [-0.05, 0) is 24.1 Å². The first-order valence-electron chi connectivity index (χ1n) is 6.50. The number of carbonyl (C=O) groups is 1. The third-order valence-electron chi connectivity index (χ3n) is 3.38. The second kappa shape index (κ2) is 4.81. The quantitative estimate of drug-likeness (QED) is 0.791. The lowest BCUT2D eigenvalue weighted by Crippen LogP contribution is -2.02. The Hall–Kier alpha value is -2.62. The zero-order chi connectivity index (χ0) is 14.1. The molecule has 0 aliphatic heterocycles. The van der Waals surface area contributed by atoms with Crippen molar-refractivity contribution in [3.8, 4) is 11.3 Å². The van der Waals surface area contributed by atoms with Crippen molar-refractivity contribution in [1.82, 2.24) is 9.38 Å². The van der Waals surface area contributed by atoms with Crippen molar-refractivity contribution in [3.05, 3.63) is 60.0 Å². The van der Waals surface area contributed by atoms with Crippen LogP contribution in [0.4, 0.5) is 0 Å². The van der Waals surface area contributed by atoms with Crippen LogP contribution in [0, 0.1) is 0 Å². The van der Waals surface area contributed by atoms with Gasteiger partial charge < -0.3 is 5.11 Å². The molecular weight excluding hydrogens is 252 g/mol. The maximum absolute atomic E-state index is 11.3. The molecule has 3 aromatic rings. The SMILES string of the molecule is CCc1ccc(-c2nc(C(=O)O)n3ccccc23)cc1. The van der Waals surface area contributed by atoms with Crippen LogP contribution >= 0.6 is 0 Å². The number of carboxylic acids is 1. The average Bonchev–Trinajstić information content (AvgIpc) is 2.87. The van der Waals surface area contributed by atoms with Crippen molar-refractivity contribution in [2.75, 3.05) is 0 Å². The molecule has 4 heteroatoms. The van der Waals surface area contributed by atoms with E-state index in [1.165, 1.54) is 5.56 Å². The largest absolute Gasteiger partial charge is 0.475 e. The average molecular weight is 266 g/mol. The summed E-state index contributed by atoms with van der Waals surface area (Å²) in [5, 5.41) is 9.24. The minimum absolute atomic E-state index is 0.0372. The van der Waals surface area contributed by atoms with Crippen LogP contribution in [0.25, 0.3) is 16.8 Å². The number of pyridine rings is 1. The fourth-order valence-corrected chi connectivity index (χ4v) is 2.30. The van der Waals surface area contributed by atoms with Crippen molar-refractivity contribution in [2.45, 2.75) is 13.3 Å². The Bertz CT molecular complexity index is 773. The van der Waals surface area contributed by atoms with Gasteiger partial charge in [0, 0.05) is 11.8 Å². The van der Waals surface area contributed by atoms with E-state index in [9.17, 15) is 9.90 Å². The first-order chi connectivity index (χ1) is 9.70. The molecule has 0 saturated carbocycles. The lowest BCUT2D eigenvalue weighted by molar-refractivity contribution is 0.0683. The number of benzene rings is 1. The van der Waals surface area contributed by atoms with Crippen LogP contribution in [0.3, 0.4) is 0 Å². The number of aromatic carboxylic acids is 1. The fraction of sp³-hybridized carbons (Fsp3) is 0.125. The Labute approximate surface area is 116 Å². The molecule has 100 valence electrons. The van der Waals surface area contributed by atoms with Gasteiger partial charge in [-0.15, -0.1) is 0 Å². The van der Waals surface area contributed by atoms with E-state index in [1.54, 1.807) is 16.7 Å². The van der Waals surface area contributed by atoms with Gasteiger partial charge in [0.1, 0.15) is 0 Å². The molecule has 0 unspecified atom stereocenters. The number of carboxylic acid groups (broad SMARTS) is 1. The smallest absolute Gasteiger partial charge is 0.372 e. The number of nitrogens with zero attached hydrogens (tertiary/aromatic N) is 2. The van der Waals surface area contributed by atoms with Crippen molar-refractivity contribution in [1.29, 1.82) is 0 Å². The molecule has 0 saturated heterocycles. The van der Waals surface area contributed by atoms with Gasteiger partial charge in [0.05, 0.1) is 11.2 Å². The zero-order valence-electron chi connectivity index (χ0n) is 11.1. The molecule has 4 nitrogen and oxygen atoms in total. The molecular formula is C16H14N2O2. The van der Waals surface area contributed by atoms with Crippen molar-refractivity contribution >= 4 is 11.5 Å². The molecule has 2 aromatic heterocycles. The highest BCUT2D eigenvalue weighted by Gasteiger charge is 2.16. The van der Waals surface area contributed by atoms with Crippen LogP contribution in [0.1, 0.15) is 23.1 Å². The Kier molecular flexibility index (Phi) is 2.99. The monoisotopic (exact) mass is 266 g/mol. The van der Waals surface area contributed by atoms with Crippen molar-refractivity contribution < 1.29 is 9.90 Å².